The van der Waals surface area contributed by atoms with Crippen molar-refractivity contribution >= 4 is 21.4 Å². The quantitative estimate of drug-likeness (QED) is 0.783. The van der Waals surface area contributed by atoms with Crippen molar-refractivity contribution in [1.29, 1.82) is 0 Å². The van der Waals surface area contributed by atoms with Gasteiger partial charge in [0.05, 0.1) is 28.4 Å². The molecule has 0 atom stereocenters. The number of nitrogen functional groups attached to an aromatic ring is 1. The molecule has 0 aliphatic rings. The highest BCUT2D eigenvalue weighted by Crippen LogP contribution is 2.30. The zero-order chi connectivity index (χ0) is 15.7. The van der Waals surface area contributed by atoms with E-state index in [1.54, 1.807) is 6.07 Å². The van der Waals surface area contributed by atoms with E-state index in [2.05, 4.69) is 0 Å². The summed E-state index contributed by atoms with van der Waals surface area (Å²) in [5, 5.41) is 9.39. The van der Waals surface area contributed by atoms with E-state index >= 15 is 0 Å². The zero-order valence-electron chi connectivity index (χ0n) is 12.6. The number of likely N-dealkylation sites (N-methyl/N-ethyl adjacent to an activating group) is 1. The van der Waals surface area contributed by atoms with E-state index in [4.69, 9.17) is 5.73 Å². The minimum Gasteiger partial charge on any atom is -0.397 e. The third-order valence-electron chi connectivity index (χ3n) is 3.43. The summed E-state index contributed by atoms with van der Waals surface area (Å²) < 4.78 is 25.2. The van der Waals surface area contributed by atoms with E-state index in [1.807, 2.05) is 25.8 Å². The van der Waals surface area contributed by atoms with Crippen molar-refractivity contribution in [3.05, 3.63) is 18.2 Å². The Bertz CT molecular complexity index is 583. The van der Waals surface area contributed by atoms with Crippen LogP contribution in [0.15, 0.2) is 23.1 Å². The second-order valence-corrected chi connectivity index (χ2v) is 7.69. The SMILES string of the molecule is CN(c1ccc(S(=O)(=O)N(C)C)cc1N)C(C)(C)CO. The largest absolute Gasteiger partial charge is 0.397 e. The molecule has 0 spiro atoms. The molecule has 1 aromatic rings. The smallest absolute Gasteiger partial charge is 0.242 e. The molecule has 7 heteroatoms. The molecule has 0 aliphatic heterocycles. The normalized spacial score (nSPS) is 12.8. The number of rotatable bonds is 5. The van der Waals surface area contributed by atoms with E-state index in [0.717, 1.165) is 4.31 Å². The average molecular weight is 301 g/mol. The van der Waals surface area contributed by atoms with Gasteiger partial charge in [0.15, 0.2) is 0 Å². The van der Waals surface area contributed by atoms with Crippen molar-refractivity contribution in [3.63, 3.8) is 0 Å². The van der Waals surface area contributed by atoms with E-state index in [-0.39, 0.29) is 11.5 Å². The molecule has 0 saturated heterocycles. The van der Waals surface area contributed by atoms with Gasteiger partial charge in [-0.15, -0.1) is 0 Å². The summed E-state index contributed by atoms with van der Waals surface area (Å²) in [6, 6.07) is 4.61. The number of sulfonamides is 1. The fourth-order valence-electron chi connectivity index (χ4n) is 1.64. The van der Waals surface area contributed by atoms with Gasteiger partial charge < -0.3 is 15.7 Å². The van der Waals surface area contributed by atoms with Gasteiger partial charge in [-0.2, -0.15) is 0 Å². The molecule has 0 aromatic heterocycles. The summed E-state index contributed by atoms with van der Waals surface area (Å²) in [6.45, 7) is 3.70. The number of hydrogen-bond acceptors (Lipinski definition) is 5. The van der Waals surface area contributed by atoms with Crippen LogP contribution in [-0.4, -0.2) is 51.1 Å². The van der Waals surface area contributed by atoms with Crippen LogP contribution < -0.4 is 10.6 Å². The first kappa shape index (κ1) is 16.7. The van der Waals surface area contributed by atoms with Crippen molar-refractivity contribution in [3.8, 4) is 0 Å². The third-order valence-corrected chi connectivity index (χ3v) is 5.24. The molecule has 20 heavy (non-hydrogen) atoms. The maximum Gasteiger partial charge on any atom is 0.242 e. The van der Waals surface area contributed by atoms with Gasteiger partial charge in [-0.25, -0.2) is 12.7 Å². The first-order valence-electron chi connectivity index (χ1n) is 6.21. The third kappa shape index (κ3) is 3.05. The molecule has 0 radical (unpaired) electrons. The van der Waals surface area contributed by atoms with Crippen LogP contribution in [0.2, 0.25) is 0 Å². The van der Waals surface area contributed by atoms with Crippen LogP contribution in [0.1, 0.15) is 13.8 Å². The Morgan fingerprint density at radius 3 is 2.20 bits per heavy atom. The summed E-state index contributed by atoms with van der Waals surface area (Å²) in [4.78, 5) is 1.98. The molecule has 0 aliphatic carbocycles. The highest BCUT2D eigenvalue weighted by Gasteiger charge is 2.25. The Morgan fingerprint density at radius 1 is 1.25 bits per heavy atom. The highest BCUT2D eigenvalue weighted by molar-refractivity contribution is 7.89. The van der Waals surface area contributed by atoms with Gasteiger partial charge in [-0.1, -0.05) is 0 Å². The van der Waals surface area contributed by atoms with E-state index < -0.39 is 15.6 Å². The number of nitrogens with two attached hydrogens (primary N) is 1. The topological polar surface area (TPSA) is 86.9 Å². The number of aliphatic hydroxyl groups is 1. The molecular formula is C13H23N3O3S. The van der Waals surface area contributed by atoms with Crippen molar-refractivity contribution in [2.75, 3.05) is 38.4 Å². The van der Waals surface area contributed by atoms with Crippen LogP contribution in [0.4, 0.5) is 11.4 Å². The Morgan fingerprint density at radius 2 is 1.80 bits per heavy atom. The number of anilines is 2. The lowest BCUT2D eigenvalue weighted by Gasteiger charge is -2.36. The van der Waals surface area contributed by atoms with Crippen LogP contribution in [0.3, 0.4) is 0 Å². The van der Waals surface area contributed by atoms with Crippen LogP contribution >= 0.6 is 0 Å². The average Bonchev–Trinajstić information content (AvgIpc) is 2.37. The summed E-state index contributed by atoms with van der Waals surface area (Å²) in [6.07, 6.45) is 0. The molecule has 6 nitrogen and oxygen atoms in total. The van der Waals surface area contributed by atoms with Crippen LogP contribution in [0, 0.1) is 0 Å². The van der Waals surface area contributed by atoms with Gasteiger partial charge in [-0.3, -0.25) is 0 Å². The molecule has 3 N–H and O–H groups in total. The maximum absolute atomic E-state index is 12.0. The number of nitrogens with zero attached hydrogens (tertiary/aromatic N) is 2. The fraction of sp³-hybridized carbons (Fsp3) is 0.538. The van der Waals surface area contributed by atoms with Gasteiger partial charge in [0, 0.05) is 21.1 Å². The summed E-state index contributed by atoms with van der Waals surface area (Å²) in [5.74, 6) is 0. The van der Waals surface area contributed by atoms with Crippen molar-refractivity contribution in [1.82, 2.24) is 4.31 Å². The number of hydrogen-bond donors (Lipinski definition) is 2. The zero-order valence-corrected chi connectivity index (χ0v) is 13.4. The van der Waals surface area contributed by atoms with Gasteiger partial charge in [0.25, 0.3) is 0 Å². The minimum atomic E-state index is -3.50. The lowest BCUT2D eigenvalue weighted by molar-refractivity contribution is 0.216. The first-order valence-corrected chi connectivity index (χ1v) is 7.65. The number of aliphatic hydroxyl groups excluding tert-OH is 1. The lowest BCUT2D eigenvalue weighted by Crippen LogP contribution is -2.44. The highest BCUT2D eigenvalue weighted by atomic mass is 32.2. The van der Waals surface area contributed by atoms with Crippen molar-refractivity contribution in [2.24, 2.45) is 0 Å². The molecule has 0 heterocycles. The molecule has 0 unspecified atom stereocenters. The van der Waals surface area contributed by atoms with Crippen LogP contribution in [-0.2, 0) is 10.0 Å². The molecule has 1 rings (SSSR count). The van der Waals surface area contributed by atoms with Gasteiger partial charge in [-0.05, 0) is 32.0 Å². The Labute approximate surface area is 120 Å². The Hall–Kier alpha value is -1.31. The lowest BCUT2D eigenvalue weighted by atomic mass is 10.0. The van der Waals surface area contributed by atoms with E-state index in [9.17, 15) is 13.5 Å². The minimum absolute atomic E-state index is 0.0410. The van der Waals surface area contributed by atoms with Crippen LogP contribution in [0.25, 0.3) is 0 Å². The summed E-state index contributed by atoms with van der Waals surface area (Å²) in [7, 11) is 1.26. The molecule has 114 valence electrons. The van der Waals surface area contributed by atoms with E-state index in [0.29, 0.717) is 11.4 Å². The molecule has 1 aromatic carbocycles. The summed E-state index contributed by atoms with van der Waals surface area (Å²) >= 11 is 0. The van der Waals surface area contributed by atoms with Gasteiger partial charge >= 0.3 is 0 Å². The Balaban J connectivity index is 3.26. The number of benzene rings is 1. The summed E-state index contributed by atoms with van der Waals surface area (Å²) in [5.41, 5.74) is 6.51. The van der Waals surface area contributed by atoms with Gasteiger partial charge in [0.2, 0.25) is 10.0 Å². The second kappa shape index (κ2) is 5.59. The van der Waals surface area contributed by atoms with Crippen LogP contribution in [0.5, 0.6) is 0 Å². The van der Waals surface area contributed by atoms with Crippen molar-refractivity contribution in [2.45, 2.75) is 24.3 Å². The maximum atomic E-state index is 12.0. The monoisotopic (exact) mass is 301 g/mol. The molecule has 0 saturated carbocycles. The first-order chi connectivity index (χ1) is 9.04. The Kier molecular flexibility index (Phi) is 4.68. The molecule has 0 amide bonds. The van der Waals surface area contributed by atoms with Crippen molar-refractivity contribution < 1.29 is 13.5 Å². The molecule has 0 bridgehead atoms. The molecule has 0 fully saturated rings. The predicted molar refractivity (Wildman–Crippen MR) is 81.3 cm³/mol. The molecular weight excluding hydrogens is 278 g/mol. The standard InChI is InChI=1S/C13H23N3O3S/c1-13(2,9-17)16(5)12-7-6-10(8-11(12)14)20(18,19)15(3)4/h6-8,17H,9,14H2,1-5H3. The fourth-order valence-corrected chi connectivity index (χ4v) is 2.58. The second-order valence-electron chi connectivity index (χ2n) is 5.54. The van der Waals surface area contributed by atoms with E-state index in [1.165, 1.54) is 26.2 Å². The van der Waals surface area contributed by atoms with Gasteiger partial charge in [0.1, 0.15) is 0 Å². The predicted octanol–water partition coefficient (Wildman–Crippen LogP) is 0.726.